The standard InChI is InChI=1S/C22H40O5/c1-3-4-5-6-7-8-9-10-11-12-13-14-15-19(24)22(26)20(25)16-17-21(22)27-18(2)23/h16-17,19-21,24-26H,3-15H2,1-2H3/t19?,20?,21-,22-/m1/s1. The predicted molar refractivity (Wildman–Crippen MR) is 107 cm³/mol. The van der Waals surface area contributed by atoms with Gasteiger partial charge < -0.3 is 20.1 Å². The van der Waals surface area contributed by atoms with Crippen LogP contribution in [-0.4, -0.2) is 45.2 Å². The average Bonchev–Trinajstić information content (AvgIpc) is 2.91. The van der Waals surface area contributed by atoms with Crippen molar-refractivity contribution >= 4 is 5.97 Å². The zero-order valence-electron chi connectivity index (χ0n) is 17.2. The second kappa shape index (κ2) is 13.3. The van der Waals surface area contributed by atoms with Crippen molar-refractivity contribution in [1.29, 1.82) is 0 Å². The normalized spacial score (nSPS) is 25.7. The van der Waals surface area contributed by atoms with Crippen LogP contribution in [0.2, 0.25) is 0 Å². The summed E-state index contributed by atoms with van der Waals surface area (Å²) in [5, 5.41) is 31.1. The van der Waals surface area contributed by atoms with Crippen LogP contribution in [0.15, 0.2) is 12.2 Å². The molecule has 0 fully saturated rings. The van der Waals surface area contributed by atoms with Crippen molar-refractivity contribution in [2.45, 2.75) is 121 Å². The number of esters is 1. The van der Waals surface area contributed by atoms with E-state index in [2.05, 4.69) is 6.92 Å². The van der Waals surface area contributed by atoms with Crippen molar-refractivity contribution < 1.29 is 24.9 Å². The van der Waals surface area contributed by atoms with Gasteiger partial charge in [0.1, 0.15) is 6.10 Å². The molecule has 1 aliphatic carbocycles. The summed E-state index contributed by atoms with van der Waals surface area (Å²) in [5.41, 5.74) is -1.84. The zero-order chi connectivity index (χ0) is 20.1. The zero-order valence-corrected chi connectivity index (χ0v) is 17.2. The highest BCUT2D eigenvalue weighted by molar-refractivity contribution is 5.66. The Morgan fingerprint density at radius 3 is 1.93 bits per heavy atom. The summed E-state index contributed by atoms with van der Waals surface area (Å²) < 4.78 is 5.04. The quantitative estimate of drug-likeness (QED) is 0.225. The predicted octanol–water partition coefficient (Wildman–Crippen LogP) is 4.03. The lowest BCUT2D eigenvalue weighted by atomic mass is 9.86. The summed E-state index contributed by atoms with van der Waals surface area (Å²) in [4.78, 5) is 11.2. The van der Waals surface area contributed by atoms with Crippen molar-refractivity contribution in [3.63, 3.8) is 0 Å². The number of hydrogen-bond acceptors (Lipinski definition) is 5. The van der Waals surface area contributed by atoms with E-state index >= 15 is 0 Å². The van der Waals surface area contributed by atoms with Crippen LogP contribution in [0.3, 0.4) is 0 Å². The summed E-state index contributed by atoms with van der Waals surface area (Å²) in [5.74, 6) is -0.547. The smallest absolute Gasteiger partial charge is 0.303 e. The van der Waals surface area contributed by atoms with Gasteiger partial charge in [-0.15, -0.1) is 0 Å². The first-order chi connectivity index (χ1) is 12.9. The Hall–Kier alpha value is -0.910. The van der Waals surface area contributed by atoms with E-state index in [9.17, 15) is 20.1 Å². The Morgan fingerprint density at radius 2 is 1.44 bits per heavy atom. The number of aliphatic hydroxyl groups excluding tert-OH is 2. The minimum Gasteiger partial charge on any atom is -0.455 e. The largest absolute Gasteiger partial charge is 0.455 e. The molecule has 158 valence electrons. The maximum absolute atomic E-state index is 11.2. The second-order valence-corrected chi connectivity index (χ2v) is 7.94. The number of hydrogen-bond donors (Lipinski definition) is 3. The third kappa shape index (κ3) is 8.32. The topological polar surface area (TPSA) is 87.0 Å². The van der Waals surface area contributed by atoms with Crippen molar-refractivity contribution in [3.8, 4) is 0 Å². The molecule has 1 rings (SSSR count). The molecule has 3 N–H and O–H groups in total. The summed E-state index contributed by atoms with van der Waals surface area (Å²) in [6.07, 6.45) is 14.6. The van der Waals surface area contributed by atoms with Gasteiger partial charge in [-0.2, -0.15) is 0 Å². The number of ether oxygens (including phenoxy) is 1. The molecule has 5 heteroatoms. The van der Waals surface area contributed by atoms with Crippen LogP contribution in [0.25, 0.3) is 0 Å². The number of aliphatic hydroxyl groups is 3. The van der Waals surface area contributed by atoms with E-state index in [0.29, 0.717) is 6.42 Å². The van der Waals surface area contributed by atoms with E-state index in [1.165, 1.54) is 76.9 Å². The molecule has 5 nitrogen and oxygen atoms in total. The van der Waals surface area contributed by atoms with Gasteiger partial charge >= 0.3 is 5.97 Å². The molecule has 0 saturated carbocycles. The molecule has 27 heavy (non-hydrogen) atoms. The Kier molecular flexibility index (Phi) is 11.9. The van der Waals surface area contributed by atoms with E-state index in [4.69, 9.17) is 4.74 Å². The van der Waals surface area contributed by atoms with Crippen LogP contribution in [0.4, 0.5) is 0 Å². The maximum Gasteiger partial charge on any atom is 0.303 e. The summed E-state index contributed by atoms with van der Waals surface area (Å²) in [6, 6.07) is 0. The maximum atomic E-state index is 11.2. The van der Waals surface area contributed by atoms with Gasteiger partial charge in [0.2, 0.25) is 0 Å². The first-order valence-corrected chi connectivity index (χ1v) is 10.9. The first kappa shape index (κ1) is 24.1. The van der Waals surface area contributed by atoms with E-state index in [-0.39, 0.29) is 0 Å². The highest BCUT2D eigenvalue weighted by Gasteiger charge is 2.52. The Balaban J connectivity index is 2.11. The molecule has 0 aromatic carbocycles. The van der Waals surface area contributed by atoms with Gasteiger partial charge in [-0.3, -0.25) is 4.79 Å². The van der Waals surface area contributed by atoms with Gasteiger partial charge in [0, 0.05) is 6.92 Å². The summed E-state index contributed by atoms with van der Waals surface area (Å²) in [6.45, 7) is 3.49. The van der Waals surface area contributed by atoms with Gasteiger partial charge in [-0.25, -0.2) is 0 Å². The molecule has 0 aromatic rings. The van der Waals surface area contributed by atoms with Gasteiger partial charge in [-0.05, 0) is 12.5 Å². The van der Waals surface area contributed by atoms with E-state index in [0.717, 1.165) is 19.3 Å². The van der Waals surface area contributed by atoms with E-state index in [1.54, 1.807) is 0 Å². The minimum atomic E-state index is -1.84. The molecule has 0 aromatic heterocycles. The fourth-order valence-corrected chi connectivity index (χ4v) is 3.79. The van der Waals surface area contributed by atoms with Crippen molar-refractivity contribution in [3.05, 3.63) is 12.2 Å². The lowest BCUT2D eigenvalue weighted by Gasteiger charge is -2.36. The van der Waals surface area contributed by atoms with Crippen LogP contribution in [0.1, 0.15) is 97.3 Å². The fourth-order valence-electron chi connectivity index (χ4n) is 3.79. The molecule has 4 atom stereocenters. The highest BCUT2D eigenvalue weighted by Crippen LogP contribution is 2.33. The second-order valence-electron chi connectivity index (χ2n) is 7.94. The van der Waals surface area contributed by atoms with Crippen LogP contribution in [-0.2, 0) is 9.53 Å². The average molecular weight is 385 g/mol. The molecule has 0 spiro atoms. The van der Waals surface area contributed by atoms with Gasteiger partial charge in [0.25, 0.3) is 0 Å². The first-order valence-electron chi connectivity index (χ1n) is 10.9. The molecule has 1 aliphatic rings. The number of rotatable bonds is 15. The number of carbonyl (C=O) groups is 1. The van der Waals surface area contributed by atoms with Crippen LogP contribution >= 0.6 is 0 Å². The lowest BCUT2D eigenvalue weighted by molar-refractivity contribution is -0.189. The minimum absolute atomic E-state index is 0.379. The molecular formula is C22H40O5. The van der Waals surface area contributed by atoms with Crippen molar-refractivity contribution in [2.24, 2.45) is 0 Å². The van der Waals surface area contributed by atoms with Crippen LogP contribution in [0, 0.1) is 0 Å². The van der Waals surface area contributed by atoms with Gasteiger partial charge in [0.05, 0.1) is 6.10 Å². The number of unbranched alkanes of at least 4 members (excludes halogenated alkanes) is 11. The molecule has 0 heterocycles. The number of carbonyl (C=O) groups excluding carboxylic acids is 1. The van der Waals surface area contributed by atoms with Crippen molar-refractivity contribution in [1.82, 2.24) is 0 Å². The third-order valence-corrected chi connectivity index (χ3v) is 5.56. The lowest BCUT2D eigenvalue weighted by Crippen LogP contribution is -2.57. The van der Waals surface area contributed by atoms with Gasteiger partial charge in [-0.1, -0.05) is 90.0 Å². The molecule has 0 amide bonds. The SMILES string of the molecule is CCCCCCCCCCCCCCC(O)[C@@]1(O)C(O)C=C[C@H]1OC(C)=O. The summed E-state index contributed by atoms with van der Waals surface area (Å²) >= 11 is 0. The highest BCUT2D eigenvalue weighted by atomic mass is 16.6. The molecule has 0 bridgehead atoms. The monoisotopic (exact) mass is 384 g/mol. The molecule has 2 unspecified atom stereocenters. The summed E-state index contributed by atoms with van der Waals surface area (Å²) in [7, 11) is 0. The van der Waals surface area contributed by atoms with Crippen molar-refractivity contribution in [2.75, 3.05) is 0 Å². The van der Waals surface area contributed by atoms with E-state index in [1.807, 2.05) is 0 Å². The molecule has 0 radical (unpaired) electrons. The Labute approximate surface area is 164 Å². The van der Waals surface area contributed by atoms with Crippen LogP contribution in [0.5, 0.6) is 0 Å². The Bertz CT molecular complexity index is 436. The molecule has 0 saturated heterocycles. The third-order valence-electron chi connectivity index (χ3n) is 5.56. The fraction of sp³-hybridized carbons (Fsp3) is 0.864. The van der Waals surface area contributed by atoms with Gasteiger partial charge in [0.15, 0.2) is 11.7 Å². The van der Waals surface area contributed by atoms with Crippen LogP contribution < -0.4 is 0 Å². The Morgan fingerprint density at radius 1 is 0.963 bits per heavy atom. The van der Waals surface area contributed by atoms with E-state index < -0.39 is 29.9 Å². The molecular weight excluding hydrogens is 344 g/mol. The molecule has 0 aliphatic heterocycles.